The summed E-state index contributed by atoms with van der Waals surface area (Å²) in [5, 5.41) is 0. The van der Waals surface area contributed by atoms with Crippen LogP contribution in [0.3, 0.4) is 0 Å². The predicted molar refractivity (Wildman–Crippen MR) is 89.7 cm³/mol. The molecule has 0 unspecified atom stereocenters. The highest BCUT2D eigenvalue weighted by Gasteiger charge is 2.45. The van der Waals surface area contributed by atoms with Gasteiger partial charge in [0.15, 0.2) is 5.41 Å². The molecule has 0 radical (unpaired) electrons. The molecule has 4 nitrogen and oxygen atoms in total. The van der Waals surface area contributed by atoms with Crippen molar-refractivity contribution in [3.63, 3.8) is 0 Å². The van der Waals surface area contributed by atoms with Crippen molar-refractivity contribution in [2.45, 2.75) is 59.5 Å². The fraction of sp³-hybridized carbons (Fsp3) is 0.579. The van der Waals surface area contributed by atoms with Crippen LogP contribution in [0.25, 0.3) is 0 Å². The molecule has 0 bridgehead atoms. The van der Waals surface area contributed by atoms with Crippen molar-refractivity contribution in [1.82, 2.24) is 0 Å². The lowest BCUT2D eigenvalue weighted by Crippen LogP contribution is -2.41. The van der Waals surface area contributed by atoms with Crippen molar-refractivity contribution in [2.75, 3.05) is 6.61 Å². The van der Waals surface area contributed by atoms with Gasteiger partial charge in [0, 0.05) is 5.56 Å². The van der Waals surface area contributed by atoms with Crippen molar-refractivity contribution in [3.8, 4) is 0 Å². The first-order chi connectivity index (χ1) is 11.5. The van der Waals surface area contributed by atoms with Gasteiger partial charge in [-0.2, -0.15) is 0 Å². The molecular formula is C19H27FO4. The fourth-order valence-electron chi connectivity index (χ4n) is 2.46. The van der Waals surface area contributed by atoms with Gasteiger partial charge in [-0.05, 0) is 25.3 Å². The van der Waals surface area contributed by atoms with Crippen molar-refractivity contribution in [2.24, 2.45) is 5.41 Å². The van der Waals surface area contributed by atoms with Gasteiger partial charge in [-0.1, -0.05) is 51.8 Å². The summed E-state index contributed by atoms with van der Waals surface area (Å²) in [6.07, 6.45) is 3.33. The van der Waals surface area contributed by atoms with Gasteiger partial charge < -0.3 is 9.47 Å². The maximum atomic E-state index is 13.6. The fourth-order valence-corrected chi connectivity index (χ4v) is 2.46. The van der Waals surface area contributed by atoms with Gasteiger partial charge in [0.1, 0.15) is 12.4 Å². The summed E-state index contributed by atoms with van der Waals surface area (Å²) in [6, 6.07) is 6.08. The summed E-state index contributed by atoms with van der Waals surface area (Å²) < 4.78 is 24.1. The molecule has 0 aliphatic rings. The van der Waals surface area contributed by atoms with Crippen LogP contribution in [0.2, 0.25) is 0 Å². The number of hydrogen-bond acceptors (Lipinski definition) is 4. The minimum Gasteiger partial charge on any atom is -0.465 e. The molecular weight excluding hydrogens is 311 g/mol. The molecule has 134 valence electrons. The molecule has 0 spiro atoms. The van der Waals surface area contributed by atoms with E-state index in [0.717, 1.165) is 19.3 Å². The van der Waals surface area contributed by atoms with E-state index in [0.29, 0.717) is 6.61 Å². The zero-order valence-electron chi connectivity index (χ0n) is 14.8. The SMILES string of the molecule is CCCCCOC(=O)C(CC)(CC)C(=O)OCc1ccccc1F. The van der Waals surface area contributed by atoms with Crippen molar-refractivity contribution >= 4 is 11.9 Å². The van der Waals surface area contributed by atoms with Gasteiger partial charge in [-0.25, -0.2) is 4.39 Å². The van der Waals surface area contributed by atoms with E-state index in [9.17, 15) is 14.0 Å². The van der Waals surface area contributed by atoms with Crippen LogP contribution in [0.1, 0.15) is 58.4 Å². The predicted octanol–water partition coefficient (Wildman–Crippen LogP) is 4.41. The summed E-state index contributed by atoms with van der Waals surface area (Å²) in [5.41, 5.74) is -1.04. The van der Waals surface area contributed by atoms with Crippen LogP contribution in [-0.4, -0.2) is 18.5 Å². The highest BCUT2D eigenvalue weighted by Crippen LogP contribution is 2.30. The number of ether oxygens (including phenoxy) is 2. The number of esters is 2. The van der Waals surface area contributed by atoms with E-state index in [4.69, 9.17) is 9.47 Å². The Morgan fingerprint density at radius 1 is 1.00 bits per heavy atom. The monoisotopic (exact) mass is 338 g/mol. The standard InChI is InChI=1S/C19H27FO4/c1-4-7-10-13-23-17(21)19(5-2,6-3)18(22)24-14-15-11-8-9-12-16(15)20/h8-9,11-12H,4-7,10,13-14H2,1-3H3. The molecule has 5 heteroatoms. The third-order valence-corrected chi connectivity index (χ3v) is 4.29. The van der Waals surface area contributed by atoms with E-state index >= 15 is 0 Å². The second-order valence-corrected chi connectivity index (χ2v) is 5.80. The summed E-state index contributed by atoms with van der Waals surface area (Å²) in [6.45, 7) is 5.66. The summed E-state index contributed by atoms with van der Waals surface area (Å²) in [4.78, 5) is 24.9. The number of benzene rings is 1. The van der Waals surface area contributed by atoms with Crippen LogP contribution < -0.4 is 0 Å². The second kappa shape index (κ2) is 10.1. The molecule has 0 heterocycles. The highest BCUT2D eigenvalue weighted by atomic mass is 19.1. The van der Waals surface area contributed by atoms with Gasteiger partial charge in [-0.3, -0.25) is 9.59 Å². The normalized spacial score (nSPS) is 11.2. The highest BCUT2D eigenvalue weighted by molar-refractivity contribution is 5.99. The molecule has 1 aromatic rings. The molecule has 0 atom stereocenters. The van der Waals surface area contributed by atoms with Crippen LogP contribution in [0.4, 0.5) is 4.39 Å². The van der Waals surface area contributed by atoms with Gasteiger partial charge in [0.25, 0.3) is 0 Å². The second-order valence-electron chi connectivity index (χ2n) is 5.80. The summed E-state index contributed by atoms with van der Waals surface area (Å²) >= 11 is 0. The van der Waals surface area contributed by atoms with Gasteiger partial charge >= 0.3 is 11.9 Å². The average molecular weight is 338 g/mol. The maximum Gasteiger partial charge on any atom is 0.323 e. The van der Waals surface area contributed by atoms with E-state index in [1.165, 1.54) is 6.07 Å². The molecule has 0 fully saturated rings. The zero-order valence-corrected chi connectivity index (χ0v) is 14.8. The van der Waals surface area contributed by atoms with Crippen LogP contribution in [0.15, 0.2) is 24.3 Å². The number of carbonyl (C=O) groups excluding carboxylic acids is 2. The average Bonchev–Trinajstić information content (AvgIpc) is 2.59. The Labute approximate surface area is 143 Å². The van der Waals surface area contributed by atoms with Crippen LogP contribution in [0.5, 0.6) is 0 Å². The minimum atomic E-state index is -1.32. The smallest absolute Gasteiger partial charge is 0.323 e. The molecule has 24 heavy (non-hydrogen) atoms. The number of halogens is 1. The lowest BCUT2D eigenvalue weighted by atomic mass is 9.82. The third-order valence-electron chi connectivity index (χ3n) is 4.29. The number of unbranched alkanes of at least 4 members (excludes halogenated alkanes) is 2. The van der Waals surface area contributed by atoms with E-state index < -0.39 is 23.2 Å². The van der Waals surface area contributed by atoms with Gasteiger partial charge in [0.05, 0.1) is 6.61 Å². The first kappa shape index (κ1) is 20.1. The Balaban J connectivity index is 2.72. The Hall–Kier alpha value is -1.91. The number of hydrogen-bond donors (Lipinski definition) is 0. The lowest BCUT2D eigenvalue weighted by molar-refractivity contribution is -0.174. The molecule has 0 aliphatic carbocycles. The lowest BCUT2D eigenvalue weighted by Gasteiger charge is -2.27. The molecule has 0 N–H and O–H groups in total. The van der Waals surface area contributed by atoms with Crippen molar-refractivity contribution < 1.29 is 23.5 Å². The van der Waals surface area contributed by atoms with E-state index in [-0.39, 0.29) is 25.0 Å². The van der Waals surface area contributed by atoms with Crippen LogP contribution in [-0.2, 0) is 25.7 Å². The molecule has 0 saturated carbocycles. The molecule has 1 rings (SSSR count). The molecule has 0 aliphatic heterocycles. The Morgan fingerprint density at radius 3 is 2.21 bits per heavy atom. The van der Waals surface area contributed by atoms with E-state index in [2.05, 4.69) is 6.92 Å². The Kier molecular flexibility index (Phi) is 8.44. The van der Waals surface area contributed by atoms with Crippen molar-refractivity contribution in [1.29, 1.82) is 0 Å². The maximum absolute atomic E-state index is 13.6. The molecule has 0 amide bonds. The number of rotatable bonds is 10. The van der Waals surface area contributed by atoms with Gasteiger partial charge in [-0.15, -0.1) is 0 Å². The van der Waals surface area contributed by atoms with Crippen LogP contribution in [0, 0.1) is 11.2 Å². The first-order valence-corrected chi connectivity index (χ1v) is 8.59. The van der Waals surface area contributed by atoms with E-state index in [1.54, 1.807) is 32.0 Å². The zero-order chi connectivity index (χ0) is 18.0. The Bertz CT molecular complexity index is 538. The Morgan fingerprint density at radius 2 is 1.62 bits per heavy atom. The van der Waals surface area contributed by atoms with E-state index in [1.807, 2.05) is 0 Å². The first-order valence-electron chi connectivity index (χ1n) is 8.59. The summed E-state index contributed by atoms with van der Waals surface area (Å²) in [7, 11) is 0. The topological polar surface area (TPSA) is 52.6 Å². The third kappa shape index (κ3) is 5.05. The van der Waals surface area contributed by atoms with Gasteiger partial charge in [0.2, 0.25) is 0 Å². The molecule has 0 saturated heterocycles. The number of carbonyl (C=O) groups is 2. The minimum absolute atomic E-state index is 0.198. The molecule has 1 aromatic carbocycles. The molecule has 0 aromatic heterocycles. The van der Waals surface area contributed by atoms with Crippen molar-refractivity contribution in [3.05, 3.63) is 35.6 Å². The van der Waals surface area contributed by atoms with Crippen LogP contribution >= 0.6 is 0 Å². The summed E-state index contributed by atoms with van der Waals surface area (Å²) in [5.74, 6) is -1.65. The quantitative estimate of drug-likeness (QED) is 0.360. The largest absolute Gasteiger partial charge is 0.465 e.